The molecule has 4 aromatic rings. The molecule has 9 heteroatoms. The summed E-state index contributed by atoms with van der Waals surface area (Å²) in [5, 5.41) is 5.06. The number of fused-ring (bicyclic) bond motifs is 1. The lowest BCUT2D eigenvalue weighted by atomic mass is 10.1. The molecule has 0 N–H and O–H groups in total. The molecular weight excluding hydrogens is 666 g/mol. The van der Waals surface area contributed by atoms with Crippen molar-refractivity contribution in [3.63, 3.8) is 0 Å². The Hall–Kier alpha value is -2.49. The van der Waals surface area contributed by atoms with Crippen LogP contribution >= 0.6 is 47.8 Å². The van der Waals surface area contributed by atoms with Gasteiger partial charge in [-0.3, -0.25) is 4.79 Å². The third kappa shape index (κ3) is 6.16. The van der Waals surface area contributed by atoms with Crippen LogP contribution in [0, 0.1) is 6.92 Å². The van der Waals surface area contributed by atoms with Crippen LogP contribution in [0.25, 0.3) is 10.9 Å². The first kappa shape index (κ1) is 27.5. The van der Waals surface area contributed by atoms with E-state index < -0.39 is 0 Å². The second-order valence-corrected chi connectivity index (χ2v) is 11.3. The number of nitrogens with zero attached hydrogens (tertiary/aromatic N) is 3. The Labute approximate surface area is 241 Å². The monoisotopic (exact) mass is 689 g/mol. The van der Waals surface area contributed by atoms with Gasteiger partial charge in [0, 0.05) is 20.4 Å². The summed E-state index contributed by atoms with van der Waals surface area (Å²) in [4.78, 5) is 18.1. The van der Waals surface area contributed by atoms with Crippen molar-refractivity contribution in [1.82, 2.24) is 9.66 Å². The van der Waals surface area contributed by atoms with Crippen LogP contribution in [0.2, 0.25) is 0 Å². The maximum Gasteiger partial charge on any atom is 0.282 e. The summed E-state index contributed by atoms with van der Waals surface area (Å²) in [5.74, 6) is 1.73. The van der Waals surface area contributed by atoms with E-state index in [1.807, 2.05) is 51.1 Å². The Morgan fingerprint density at radius 2 is 1.76 bits per heavy atom. The second-order valence-electron chi connectivity index (χ2n) is 8.78. The van der Waals surface area contributed by atoms with E-state index >= 15 is 0 Å². The first-order chi connectivity index (χ1) is 17.7. The van der Waals surface area contributed by atoms with Crippen LogP contribution in [-0.4, -0.2) is 22.5 Å². The Morgan fingerprint density at radius 3 is 2.43 bits per heavy atom. The van der Waals surface area contributed by atoms with E-state index in [0.29, 0.717) is 51.5 Å². The van der Waals surface area contributed by atoms with E-state index in [2.05, 4.69) is 71.9 Å². The maximum absolute atomic E-state index is 13.4. The van der Waals surface area contributed by atoms with Crippen LogP contribution in [0.5, 0.6) is 11.5 Å². The first-order valence-electron chi connectivity index (χ1n) is 11.8. The predicted octanol–water partition coefficient (Wildman–Crippen LogP) is 7.98. The molecule has 0 aliphatic carbocycles. The van der Waals surface area contributed by atoms with Gasteiger partial charge in [0.1, 0.15) is 12.4 Å². The van der Waals surface area contributed by atoms with Gasteiger partial charge in [0.25, 0.3) is 5.56 Å². The predicted molar refractivity (Wildman–Crippen MR) is 159 cm³/mol. The minimum absolute atomic E-state index is 0.00962. The lowest BCUT2D eigenvalue weighted by Crippen LogP contribution is -2.23. The van der Waals surface area contributed by atoms with Crippen molar-refractivity contribution >= 4 is 64.9 Å². The number of ether oxygens (including phenoxy) is 2. The van der Waals surface area contributed by atoms with Crippen LogP contribution in [0.4, 0.5) is 0 Å². The summed E-state index contributed by atoms with van der Waals surface area (Å²) < 4.78 is 15.7. The van der Waals surface area contributed by atoms with E-state index in [1.165, 1.54) is 10.2 Å². The molecule has 1 heterocycles. The van der Waals surface area contributed by atoms with Gasteiger partial charge in [-0.25, -0.2) is 4.98 Å². The van der Waals surface area contributed by atoms with Gasteiger partial charge in [0.05, 0.1) is 28.2 Å². The first-order valence-corrected chi connectivity index (χ1v) is 14.2. The molecule has 6 nitrogen and oxygen atoms in total. The number of aromatic nitrogens is 2. The summed E-state index contributed by atoms with van der Waals surface area (Å²) in [6, 6.07) is 15.5. The van der Waals surface area contributed by atoms with Gasteiger partial charge in [-0.2, -0.15) is 9.78 Å². The van der Waals surface area contributed by atoms with Gasteiger partial charge in [0.2, 0.25) is 0 Å². The topological polar surface area (TPSA) is 65.7 Å². The second kappa shape index (κ2) is 11.9. The highest BCUT2D eigenvalue weighted by Gasteiger charge is 2.18. The zero-order chi connectivity index (χ0) is 26.7. The maximum atomic E-state index is 13.4. The number of benzene rings is 3. The summed E-state index contributed by atoms with van der Waals surface area (Å²) >= 11 is 10.8. The van der Waals surface area contributed by atoms with E-state index in [0.717, 1.165) is 14.5 Å². The van der Waals surface area contributed by atoms with Crippen LogP contribution in [0.3, 0.4) is 0 Å². The quantitative estimate of drug-likeness (QED) is 0.176. The zero-order valence-electron chi connectivity index (χ0n) is 20.9. The van der Waals surface area contributed by atoms with Crippen molar-refractivity contribution < 1.29 is 9.47 Å². The fraction of sp³-hybridized carbons (Fsp3) is 0.250. The Balaban J connectivity index is 1.75. The molecule has 0 fully saturated rings. The van der Waals surface area contributed by atoms with E-state index in [1.54, 1.807) is 12.3 Å². The van der Waals surface area contributed by atoms with Crippen molar-refractivity contribution in [1.29, 1.82) is 0 Å². The third-order valence-corrected chi connectivity index (χ3v) is 8.26. The van der Waals surface area contributed by atoms with Crippen molar-refractivity contribution in [3.05, 3.63) is 94.8 Å². The van der Waals surface area contributed by atoms with Crippen molar-refractivity contribution in [2.45, 2.75) is 40.2 Å². The summed E-state index contributed by atoms with van der Waals surface area (Å²) in [5.41, 5.74) is 3.37. The molecule has 0 aliphatic heterocycles. The minimum atomic E-state index is -0.232. The normalized spacial score (nSPS) is 11.6. The highest BCUT2D eigenvalue weighted by atomic mass is 79.9. The molecule has 0 aliphatic rings. The van der Waals surface area contributed by atoms with Crippen LogP contribution < -0.4 is 15.0 Å². The fourth-order valence-corrected chi connectivity index (χ4v) is 5.00. The summed E-state index contributed by atoms with van der Waals surface area (Å²) in [6.45, 7) is 8.80. The van der Waals surface area contributed by atoms with E-state index in [9.17, 15) is 4.79 Å². The highest BCUT2D eigenvalue weighted by molar-refractivity contribution is 9.13. The van der Waals surface area contributed by atoms with Gasteiger partial charge in [-0.15, -0.1) is 0 Å². The van der Waals surface area contributed by atoms with E-state index in [-0.39, 0.29) is 11.5 Å². The lowest BCUT2D eigenvalue weighted by molar-refractivity contribution is 0.267. The standard InChI is InChI=1S/C28H26Br3N3O3/c1-5-36-23-12-19(24(30)25(31)26(23)37-15-18-8-6-17(4)7-9-18)14-32-34-27(16(2)3)33-22-11-10-20(29)13-21(22)28(34)35/h6-14,16H,5,15H2,1-4H3. The average molecular weight is 692 g/mol. The van der Waals surface area contributed by atoms with Crippen molar-refractivity contribution in [2.24, 2.45) is 5.10 Å². The molecule has 0 amide bonds. The molecule has 0 bridgehead atoms. The molecule has 0 saturated carbocycles. The molecule has 0 atom stereocenters. The molecule has 192 valence electrons. The van der Waals surface area contributed by atoms with Crippen LogP contribution in [-0.2, 0) is 6.61 Å². The highest BCUT2D eigenvalue weighted by Crippen LogP contribution is 2.43. The number of hydrogen-bond acceptors (Lipinski definition) is 5. The molecule has 0 unspecified atom stereocenters. The van der Waals surface area contributed by atoms with E-state index in [4.69, 9.17) is 14.5 Å². The van der Waals surface area contributed by atoms with Crippen molar-refractivity contribution in [2.75, 3.05) is 6.61 Å². The average Bonchev–Trinajstić information content (AvgIpc) is 2.87. The zero-order valence-corrected chi connectivity index (χ0v) is 25.6. The number of rotatable bonds is 8. The SMILES string of the molecule is CCOc1cc(C=Nn2c(C(C)C)nc3ccc(Br)cc3c2=O)c(Br)c(Br)c1OCc1ccc(C)cc1. The summed E-state index contributed by atoms with van der Waals surface area (Å²) in [7, 11) is 0. The Morgan fingerprint density at radius 1 is 1.03 bits per heavy atom. The van der Waals surface area contributed by atoms with Gasteiger partial charge < -0.3 is 9.47 Å². The number of halogens is 3. The van der Waals surface area contributed by atoms with Crippen molar-refractivity contribution in [3.8, 4) is 11.5 Å². The molecule has 4 rings (SSSR count). The smallest absolute Gasteiger partial charge is 0.282 e. The van der Waals surface area contributed by atoms with Gasteiger partial charge in [0.15, 0.2) is 11.5 Å². The molecule has 0 radical (unpaired) electrons. The fourth-order valence-electron chi connectivity index (χ4n) is 3.71. The van der Waals surface area contributed by atoms with Gasteiger partial charge >= 0.3 is 0 Å². The largest absolute Gasteiger partial charge is 0.490 e. The Bertz CT molecular complexity index is 1530. The summed E-state index contributed by atoms with van der Waals surface area (Å²) in [6.07, 6.45) is 1.62. The van der Waals surface area contributed by atoms with Crippen LogP contribution in [0.15, 0.2) is 71.8 Å². The minimum Gasteiger partial charge on any atom is -0.490 e. The molecule has 0 spiro atoms. The number of aryl methyl sites for hydroxylation is 1. The molecule has 3 aromatic carbocycles. The molecule has 37 heavy (non-hydrogen) atoms. The Kier molecular flexibility index (Phi) is 8.87. The van der Waals surface area contributed by atoms with Gasteiger partial charge in [-0.1, -0.05) is 59.6 Å². The number of hydrogen-bond donors (Lipinski definition) is 0. The third-order valence-electron chi connectivity index (χ3n) is 5.62. The van der Waals surface area contributed by atoms with Crippen LogP contribution in [0.1, 0.15) is 49.2 Å². The molecule has 0 saturated heterocycles. The lowest BCUT2D eigenvalue weighted by Gasteiger charge is -2.17. The van der Waals surface area contributed by atoms with Gasteiger partial charge in [-0.05, 0) is 75.5 Å². The molecular formula is C28H26Br3N3O3. The molecule has 1 aromatic heterocycles.